The lowest BCUT2D eigenvalue weighted by atomic mass is 10.2. The maximum atomic E-state index is 10.9. The van der Waals surface area contributed by atoms with Gasteiger partial charge < -0.3 is 10.5 Å². The minimum atomic E-state index is -0.531. The van der Waals surface area contributed by atoms with Crippen LogP contribution in [0.15, 0.2) is 36.7 Å². The summed E-state index contributed by atoms with van der Waals surface area (Å²) in [5.41, 5.74) is 6.31. The number of ether oxygens (including phenoxy) is 1. The molecule has 2 N–H and O–H groups in total. The Morgan fingerprint density at radius 3 is 2.40 bits per heavy atom. The number of unbranched alkanes of at least 4 members (excludes halogenated alkanes) is 1. The van der Waals surface area contributed by atoms with Crippen molar-refractivity contribution >= 4 is 5.91 Å². The summed E-state index contributed by atoms with van der Waals surface area (Å²) in [6.07, 6.45) is 5.00. The minimum Gasteiger partial charge on any atom is -0.494 e. The van der Waals surface area contributed by atoms with Gasteiger partial charge in [-0.1, -0.05) is 13.3 Å². The second-order valence-electron chi connectivity index (χ2n) is 4.39. The summed E-state index contributed by atoms with van der Waals surface area (Å²) in [6.45, 7) is 2.85. The molecule has 104 valence electrons. The van der Waals surface area contributed by atoms with Crippen LogP contribution in [0.5, 0.6) is 5.75 Å². The molecular formula is C15H17N3O2. The number of rotatable bonds is 6. The van der Waals surface area contributed by atoms with Crippen LogP contribution in [0.3, 0.4) is 0 Å². The number of aromatic nitrogens is 2. The van der Waals surface area contributed by atoms with E-state index in [4.69, 9.17) is 10.5 Å². The Labute approximate surface area is 117 Å². The number of carbonyl (C=O) groups is 1. The Balaban J connectivity index is 2.07. The highest BCUT2D eigenvalue weighted by molar-refractivity contribution is 5.92. The summed E-state index contributed by atoms with van der Waals surface area (Å²) >= 11 is 0. The van der Waals surface area contributed by atoms with Gasteiger partial charge in [0.15, 0.2) is 5.82 Å². The molecule has 0 atom stereocenters. The van der Waals surface area contributed by atoms with E-state index in [1.54, 1.807) is 0 Å². The number of hydrogen-bond acceptors (Lipinski definition) is 4. The van der Waals surface area contributed by atoms with Crippen molar-refractivity contribution in [2.45, 2.75) is 19.8 Å². The average Bonchev–Trinajstić information content (AvgIpc) is 2.48. The molecule has 5 nitrogen and oxygen atoms in total. The topological polar surface area (TPSA) is 78.1 Å². The van der Waals surface area contributed by atoms with Crippen LogP contribution in [0, 0.1) is 0 Å². The fourth-order valence-electron chi connectivity index (χ4n) is 1.64. The van der Waals surface area contributed by atoms with Crippen LogP contribution >= 0.6 is 0 Å². The second-order valence-corrected chi connectivity index (χ2v) is 4.39. The molecule has 0 saturated carbocycles. The van der Waals surface area contributed by atoms with Gasteiger partial charge in [-0.15, -0.1) is 0 Å². The lowest BCUT2D eigenvalue weighted by molar-refractivity contribution is 0.0999. The lowest BCUT2D eigenvalue weighted by Crippen LogP contribution is -2.11. The molecule has 20 heavy (non-hydrogen) atoms. The Bertz CT molecular complexity index is 565. The van der Waals surface area contributed by atoms with Crippen LogP contribution < -0.4 is 10.5 Å². The van der Waals surface area contributed by atoms with Gasteiger partial charge in [0, 0.05) is 18.0 Å². The largest absolute Gasteiger partial charge is 0.494 e. The van der Waals surface area contributed by atoms with E-state index in [-0.39, 0.29) is 0 Å². The third-order valence-electron chi connectivity index (χ3n) is 2.82. The number of nitrogens with two attached hydrogens (primary N) is 1. The zero-order valence-corrected chi connectivity index (χ0v) is 11.4. The smallest absolute Gasteiger partial charge is 0.251 e. The Morgan fingerprint density at radius 2 is 1.85 bits per heavy atom. The van der Waals surface area contributed by atoms with Gasteiger partial charge in [0.2, 0.25) is 0 Å². The molecule has 2 aromatic rings. The van der Waals surface area contributed by atoms with Crippen molar-refractivity contribution < 1.29 is 9.53 Å². The fraction of sp³-hybridized carbons (Fsp3) is 0.267. The number of nitrogens with zero attached hydrogens (tertiary/aromatic N) is 2. The SMILES string of the molecule is CCCCOc1ccc(-c2ncc(C(N)=O)cn2)cc1. The lowest BCUT2D eigenvalue weighted by Gasteiger charge is -2.06. The van der Waals surface area contributed by atoms with E-state index in [2.05, 4.69) is 16.9 Å². The monoisotopic (exact) mass is 271 g/mol. The molecule has 0 aliphatic heterocycles. The van der Waals surface area contributed by atoms with Crippen molar-refractivity contribution in [1.82, 2.24) is 9.97 Å². The van der Waals surface area contributed by atoms with Gasteiger partial charge >= 0.3 is 0 Å². The van der Waals surface area contributed by atoms with E-state index < -0.39 is 5.91 Å². The van der Waals surface area contributed by atoms with Gasteiger partial charge in [-0.2, -0.15) is 0 Å². The van der Waals surface area contributed by atoms with Gasteiger partial charge in [-0.3, -0.25) is 4.79 Å². The van der Waals surface area contributed by atoms with Crippen LogP contribution in [-0.2, 0) is 0 Å². The molecule has 0 unspecified atom stereocenters. The number of amides is 1. The van der Waals surface area contributed by atoms with E-state index in [1.165, 1.54) is 12.4 Å². The highest BCUT2D eigenvalue weighted by Crippen LogP contribution is 2.19. The summed E-state index contributed by atoms with van der Waals surface area (Å²) < 4.78 is 5.59. The number of hydrogen-bond donors (Lipinski definition) is 1. The van der Waals surface area contributed by atoms with Crippen LogP contribution in [0.2, 0.25) is 0 Å². The Hall–Kier alpha value is -2.43. The summed E-state index contributed by atoms with van der Waals surface area (Å²) in [7, 11) is 0. The molecular weight excluding hydrogens is 254 g/mol. The van der Waals surface area contributed by atoms with Gasteiger partial charge in [0.1, 0.15) is 5.75 Å². The molecule has 1 heterocycles. The van der Waals surface area contributed by atoms with E-state index >= 15 is 0 Å². The predicted octanol–water partition coefficient (Wildman–Crippen LogP) is 2.42. The second kappa shape index (κ2) is 6.65. The first-order valence-electron chi connectivity index (χ1n) is 6.56. The van der Waals surface area contributed by atoms with Crippen molar-refractivity contribution in [3.8, 4) is 17.1 Å². The number of primary amides is 1. The van der Waals surface area contributed by atoms with Crippen LogP contribution in [0.4, 0.5) is 0 Å². The third-order valence-corrected chi connectivity index (χ3v) is 2.82. The Morgan fingerprint density at radius 1 is 1.20 bits per heavy atom. The van der Waals surface area contributed by atoms with Gasteiger partial charge in [-0.25, -0.2) is 9.97 Å². The quantitative estimate of drug-likeness (QED) is 0.818. The van der Waals surface area contributed by atoms with Gasteiger partial charge in [0.25, 0.3) is 5.91 Å². The third kappa shape index (κ3) is 3.54. The molecule has 0 bridgehead atoms. The van der Waals surface area contributed by atoms with Crippen molar-refractivity contribution in [1.29, 1.82) is 0 Å². The first-order chi connectivity index (χ1) is 9.70. The molecule has 0 saturated heterocycles. The van der Waals surface area contributed by atoms with Crippen molar-refractivity contribution in [2.24, 2.45) is 5.73 Å². The molecule has 2 rings (SSSR count). The first-order valence-corrected chi connectivity index (χ1v) is 6.56. The molecule has 1 amide bonds. The molecule has 0 aliphatic rings. The highest BCUT2D eigenvalue weighted by atomic mass is 16.5. The number of benzene rings is 1. The zero-order valence-electron chi connectivity index (χ0n) is 11.4. The van der Waals surface area contributed by atoms with Gasteiger partial charge in [-0.05, 0) is 30.7 Å². The molecule has 0 aliphatic carbocycles. The minimum absolute atomic E-state index is 0.299. The Kier molecular flexibility index (Phi) is 4.65. The normalized spacial score (nSPS) is 10.2. The van der Waals surface area contributed by atoms with E-state index in [9.17, 15) is 4.79 Å². The predicted molar refractivity (Wildman–Crippen MR) is 76.4 cm³/mol. The zero-order chi connectivity index (χ0) is 14.4. The number of carbonyl (C=O) groups excluding carboxylic acids is 1. The van der Waals surface area contributed by atoms with Crippen LogP contribution in [0.1, 0.15) is 30.1 Å². The van der Waals surface area contributed by atoms with Crippen molar-refractivity contribution in [3.05, 3.63) is 42.2 Å². The molecule has 5 heteroatoms. The summed E-state index contributed by atoms with van der Waals surface area (Å²) in [5, 5.41) is 0. The van der Waals surface area contributed by atoms with E-state index in [0.29, 0.717) is 11.4 Å². The van der Waals surface area contributed by atoms with Crippen LogP contribution in [-0.4, -0.2) is 22.5 Å². The molecule has 0 spiro atoms. The van der Waals surface area contributed by atoms with Crippen molar-refractivity contribution in [3.63, 3.8) is 0 Å². The highest BCUT2D eigenvalue weighted by Gasteiger charge is 2.04. The van der Waals surface area contributed by atoms with Gasteiger partial charge in [0.05, 0.1) is 12.2 Å². The first kappa shape index (κ1) is 14.0. The van der Waals surface area contributed by atoms with E-state index in [1.807, 2.05) is 24.3 Å². The molecule has 0 fully saturated rings. The van der Waals surface area contributed by atoms with Crippen LogP contribution in [0.25, 0.3) is 11.4 Å². The molecule has 1 aromatic carbocycles. The van der Waals surface area contributed by atoms with E-state index in [0.717, 1.165) is 30.8 Å². The molecule has 1 aromatic heterocycles. The molecule has 0 radical (unpaired) electrons. The van der Waals surface area contributed by atoms with Crippen molar-refractivity contribution in [2.75, 3.05) is 6.61 Å². The fourth-order valence-corrected chi connectivity index (χ4v) is 1.64. The summed E-state index contributed by atoms with van der Waals surface area (Å²) in [5.74, 6) is 0.849. The average molecular weight is 271 g/mol. The summed E-state index contributed by atoms with van der Waals surface area (Å²) in [6, 6.07) is 7.55. The summed E-state index contributed by atoms with van der Waals surface area (Å²) in [4.78, 5) is 19.2. The maximum absolute atomic E-state index is 10.9. The maximum Gasteiger partial charge on any atom is 0.251 e. The standard InChI is InChI=1S/C15H17N3O2/c1-2-3-8-20-13-6-4-11(5-7-13)15-17-9-12(10-18-15)14(16)19/h4-7,9-10H,2-3,8H2,1H3,(H2,16,19).